The summed E-state index contributed by atoms with van der Waals surface area (Å²) in [7, 11) is 1.69. The molecule has 0 amide bonds. The van der Waals surface area contributed by atoms with Gasteiger partial charge in [-0.25, -0.2) is 0 Å². The zero-order valence-electron chi connectivity index (χ0n) is 11.5. The van der Waals surface area contributed by atoms with Gasteiger partial charge in [-0.2, -0.15) is 0 Å². The Kier molecular flexibility index (Phi) is 5.46. The Morgan fingerprint density at radius 3 is 2.75 bits per heavy atom. The van der Waals surface area contributed by atoms with Crippen LogP contribution in [0.3, 0.4) is 0 Å². The zero-order chi connectivity index (χ0) is 14.5. The number of para-hydroxylation sites is 1. The van der Waals surface area contributed by atoms with Crippen LogP contribution in [0.5, 0.6) is 5.75 Å². The average molecular weight is 355 g/mol. The minimum absolute atomic E-state index is 0.192. The van der Waals surface area contributed by atoms with E-state index in [1.807, 2.05) is 36.4 Å². The Balaban J connectivity index is 2.08. The Morgan fingerprint density at radius 1 is 1.25 bits per heavy atom. The predicted molar refractivity (Wildman–Crippen MR) is 87.4 cm³/mol. The fourth-order valence-electron chi connectivity index (χ4n) is 2.08. The molecule has 0 heterocycles. The standard InChI is InChI=1S/C16H17BrClNO/c1-11(14-5-3-4-6-16(14)20-2)19-10-12-9-13(18)7-8-15(12)17/h3-9,11,19H,10H2,1-2H3/t11-/m0/s1. The van der Waals surface area contributed by atoms with Crippen molar-refractivity contribution in [3.05, 3.63) is 63.1 Å². The van der Waals surface area contributed by atoms with Crippen LogP contribution in [0.15, 0.2) is 46.9 Å². The van der Waals surface area contributed by atoms with Crippen molar-refractivity contribution >= 4 is 27.5 Å². The Labute approximate surface area is 133 Å². The molecule has 0 radical (unpaired) electrons. The fourth-order valence-corrected chi connectivity index (χ4v) is 2.66. The van der Waals surface area contributed by atoms with Crippen LogP contribution in [0, 0.1) is 0 Å². The number of methoxy groups -OCH3 is 1. The molecule has 1 atom stereocenters. The quantitative estimate of drug-likeness (QED) is 0.819. The molecule has 0 unspecified atom stereocenters. The number of rotatable bonds is 5. The summed E-state index contributed by atoms with van der Waals surface area (Å²) >= 11 is 9.57. The third-order valence-electron chi connectivity index (χ3n) is 3.21. The van der Waals surface area contributed by atoms with Gasteiger partial charge in [-0.05, 0) is 36.8 Å². The van der Waals surface area contributed by atoms with E-state index < -0.39 is 0 Å². The van der Waals surface area contributed by atoms with Crippen LogP contribution < -0.4 is 10.1 Å². The molecular formula is C16H17BrClNO. The first-order valence-electron chi connectivity index (χ1n) is 6.42. The van der Waals surface area contributed by atoms with Crippen molar-refractivity contribution < 1.29 is 4.74 Å². The lowest BCUT2D eigenvalue weighted by molar-refractivity contribution is 0.401. The van der Waals surface area contributed by atoms with Crippen LogP contribution in [-0.2, 0) is 6.54 Å². The number of halogens is 2. The van der Waals surface area contributed by atoms with Gasteiger partial charge in [-0.3, -0.25) is 0 Å². The molecule has 106 valence electrons. The van der Waals surface area contributed by atoms with Crippen LogP contribution in [0.4, 0.5) is 0 Å². The highest BCUT2D eigenvalue weighted by atomic mass is 79.9. The lowest BCUT2D eigenvalue weighted by Gasteiger charge is -2.17. The predicted octanol–water partition coefficient (Wildman–Crippen LogP) is 4.96. The number of hydrogen-bond acceptors (Lipinski definition) is 2. The van der Waals surface area contributed by atoms with E-state index in [-0.39, 0.29) is 6.04 Å². The lowest BCUT2D eigenvalue weighted by Crippen LogP contribution is -2.19. The average Bonchev–Trinajstić information content (AvgIpc) is 2.47. The van der Waals surface area contributed by atoms with E-state index in [2.05, 4.69) is 34.2 Å². The number of ether oxygens (including phenoxy) is 1. The maximum Gasteiger partial charge on any atom is 0.123 e. The molecule has 0 aliphatic carbocycles. The topological polar surface area (TPSA) is 21.3 Å². The van der Waals surface area contributed by atoms with E-state index in [4.69, 9.17) is 16.3 Å². The first-order chi connectivity index (χ1) is 9.61. The van der Waals surface area contributed by atoms with Gasteiger partial charge >= 0.3 is 0 Å². The largest absolute Gasteiger partial charge is 0.496 e. The van der Waals surface area contributed by atoms with Crippen LogP contribution in [-0.4, -0.2) is 7.11 Å². The molecule has 2 aromatic carbocycles. The summed E-state index contributed by atoms with van der Waals surface area (Å²) in [4.78, 5) is 0. The number of benzene rings is 2. The molecule has 0 aliphatic rings. The van der Waals surface area contributed by atoms with Gasteiger partial charge in [-0.15, -0.1) is 0 Å². The summed E-state index contributed by atoms with van der Waals surface area (Å²) in [6, 6.07) is 14.0. The summed E-state index contributed by atoms with van der Waals surface area (Å²) in [5.74, 6) is 0.901. The van der Waals surface area contributed by atoms with E-state index in [1.165, 1.54) is 0 Å². The van der Waals surface area contributed by atoms with E-state index in [1.54, 1.807) is 7.11 Å². The Morgan fingerprint density at radius 2 is 2.00 bits per heavy atom. The second-order valence-electron chi connectivity index (χ2n) is 4.58. The van der Waals surface area contributed by atoms with Gasteiger partial charge in [0, 0.05) is 27.6 Å². The summed E-state index contributed by atoms with van der Waals surface area (Å²) < 4.78 is 6.45. The summed E-state index contributed by atoms with van der Waals surface area (Å²) in [5.41, 5.74) is 2.28. The smallest absolute Gasteiger partial charge is 0.123 e. The van der Waals surface area contributed by atoms with Gasteiger partial charge in [0.1, 0.15) is 5.75 Å². The molecule has 0 aromatic heterocycles. The maximum absolute atomic E-state index is 6.03. The van der Waals surface area contributed by atoms with E-state index >= 15 is 0 Å². The maximum atomic E-state index is 6.03. The summed E-state index contributed by atoms with van der Waals surface area (Å²) in [5, 5.41) is 4.23. The van der Waals surface area contributed by atoms with Crippen LogP contribution in [0.2, 0.25) is 5.02 Å². The minimum atomic E-state index is 0.192. The first-order valence-corrected chi connectivity index (χ1v) is 7.59. The molecule has 2 aromatic rings. The molecule has 0 spiro atoms. The van der Waals surface area contributed by atoms with Crippen LogP contribution in [0.1, 0.15) is 24.1 Å². The summed E-state index contributed by atoms with van der Waals surface area (Å²) in [6.45, 7) is 2.86. The second kappa shape index (κ2) is 7.11. The Bertz CT molecular complexity index is 588. The fraction of sp³-hybridized carbons (Fsp3) is 0.250. The van der Waals surface area contributed by atoms with Crippen molar-refractivity contribution in [3.63, 3.8) is 0 Å². The highest BCUT2D eigenvalue weighted by Gasteiger charge is 2.11. The first kappa shape index (κ1) is 15.4. The van der Waals surface area contributed by atoms with Crippen molar-refractivity contribution in [1.29, 1.82) is 0 Å². The Hall–Kier alpha value is -1.03. The summed E-state index contributed by atoms with van der Waals surface area (Å²) in [6.07, 6.45) is 0. The number of hydrogen-bond donors (Lipinski definition) is 1. The highest BCUT2D eigenvalue weighted by molar-refractivity contribution is 9.10. The van der Waals surface area contributed by atoms with Gasteiger partial charge in [0.2, 0.25) is 0 Å². The van der Waals surface area contributed by atoms with Crippen molar-refractivity contribution in [3.8, 4) is 5.75 Å². The second-order valence-corrected chi connectivity index (χ2v) is 5.87. The third kappa shape index (κ3) is 3.75. The van der Waals surface area contributed by atoms with Crippen molar-refractivity contribution in [2.75, 3.05) is 7.11 Å². The van der Waals surface area contributed by atoms with Gasteiger partial charge in [0.05, 0.1) is 7.11 Å². The van der Waals surface area contributed by atoms with Gasteiger partial charge in [0.15, 0.2) is 0 Å². The van der Waals surface area contributed by atoms with E-state index in [0.717, 1.165) is 32.9 Å². The monoisotopic (exact) mass is 353 g/mol. The molecule has 0 aliphatic heterocycles. The molecule has 20 heavy (non-hydrogen) atoms. The van der Waals surface area contributed by atoms with E-state index in [0.29, 0.717) is 0 Å². The van der Waals surface area contributed by atoms with Crippen LogP contribution in [0.25, 0.3) is 0 Å². The molecule has 4 heteroatoms. The molecule has 2 nitrogen and oxygen atoms in total. The normalized spacial score (nSPS) is 12.2. The lowest BCUT2D eigenvalue weighted by atomic mass is 10.1. The van der Waals surface area contributed by atoms with Gasteiger partial charge in [0.25, 0.3) is 0 Å². The molecule has 0 fully saturated rings. The zero-order valence-corrected chi connectivity index (χ0v) is 13.8. The number of nitrogens with one attached hydrogen (secondary N) is 1. The van der Waals surface area contributed by atoms with Crippen LogP contribution >= 0.6 is 27.5 Å². The molecule has 1 N–H and O–H groups in total. The molecular weight excluding hydrogens is 338 g/mol. The van der Waals surface area contributed by atoms with Crippen molar-refractivity contribution in [1.82, 2.24) is 5.32 Å². The highest BCUT2D eigenvalue weighted by Crippen LogP contribution is 2.26. The third-order valence-corrected chi connectivity index (χ3v) is 4.22. The molecule has 0 bridgehead atoms. The minimum Gasteiger partial charge on any atom is -0.496 e. The van der Waals surface area contributed by atoms with Gasteiger partial charge in [-0.1, -0.05) is 45.7 Å². The molecule has 0 saturated carbocycles. The van der Waals surface area contributed by atoms with Gasteiger partial charge < -0.3 is 10.1 Å². The molecule has 0 saturated heterocycles. The van der Waals surface area contributed by atoms with E-state index in [9.17, 15) is 0 Å². The SMILES string of the molecule is COc1ccccc1[C@H](C)NCc1cc(Cl)ccc1Br. The molecule has 2 rings (SSSR count). The van der Waals surface area contributed by atoms with Crippen molar-refractivity contribution in [2.24, 2.45) is 0 Å². The van der Waals surface area contributed by atoms with Crippen molar-refractivity contribution in [2.45, 2.75) is 19.5 Å².